The number of carboxylic acids is 1. The second kappa shape index (κ2) is 4.31. The van der Waals surface area contributed by atoms with Crippen molar-refractivity contribution < 1.29 is 23.8 Å². The molecule has 5 heteroatoms. The lowest BCUT2D eigenvalue weighted by molar-refractivity contribution is -0.137. The van der Waals surface area contributed by atoms with Gasteiger partial charge in [-0.3, -0.25) is 4.79 Å². The first kappa shape index (κ1) is 11.8. The van der Waals surface area contributed by atoms with Crippen molar-refractivity contribution in [2.45, 2.75) is 25.2 Å². The van der Waals surface area contributed by atoms with E-state index < -0.39 is 23.5 Å². The Kier molecular flexibility index (Phi) is 3.00. The summed E-state index contributed by atoms with van der Waals surface area (Å²) in [5, 5.41) is 18.4. The van der Waals surface area contributed by atoms with Crippen LogP contribution in [0.25, 0.3) is 0 Å². The number of aliphatic carboxylic acids is 1. The van der Waals surface area contributed by atoms with E-state index in [4.69, 9.17) is 5.11 Å². The Morgan fingerprint density at radius 1 is 1.41 bits per heavy atom. The van der Waals surface area contributed by atoms with E-state index in [-0.39, 0.29) is 23.7 Å². The summed E-state index contributed by atoms with van der Waals surface area (Å²) in [5.41, 5.74) is -0.199. The zero-order valence-corrected chi connectivity index (χ0v) is 8.99. The molecule has 2 N–H and O–H groups in total. The SMILES string of the molecule is O=C(O)CC(c1c(O)ccc(F)c1F)C1CC1. The van der Waals surface area contributed by atoms with E-state index in [1.165, 1.54) is 0 Å². The summed E-state index contributed by atoms with van der Waals surface area (Å²) in [6.45, 7) is 0. The molecule has 1 aromatic carbocycles. The molecule has 1 atom stereocenters. The molecule has 1 aliphatic rings. The first-order valence-corrected chi connectivity index (χ1v) is 5.39. The van der Waals surface area contributed by atoms with Crippen molar-refractivity contribution in [3.05, 3.63) is 29.3 Å². The second-order valence-electron chi connectivity index (χ2n) is 4.34. The zero-order chi connectivity index (χ0) is 12.6. The number of hydrogen-bond donors (Lipinski definition) is 2. The minimum Gasteiger partial charge on any atom is -0.508 e. The fourth-order valence-corrected chi connectivity index (χ4v) is 2.10. The molecular weight excluding hydrogens is 230 g/mol. The number of halogens is 2. The molecule has 0 saturated heterocycles. The van der Waals surface area contributed by atoms with Crippen LogP contribution in [0.3, 0.4) is 0 Å². The van der Waals surface area contributed by atoms with Crippen LogP contribution >= 0.6 is 0 Å². The van der Waals surface area contributed by atoms with Gasteiger partial charge >= 0.3 is 5.97 Å². The van der Waals surface area contributed by atoms with E-state index >= 15 is 0 Å². The molecule has 1 aliphatic carbocycles. The van der Waals surface area contributed by atoms with Crippen LogP contribution in [0.15, 0.2) is 12.1 Å². The highest BCUT2D eigenvalue weighted by molar-refractivity contribution is 5.68. The largest absolute Gasteiger partial charge is 0.508 e. The van der Waals surface area contributed by atoms with Crippen molar-refractivity contribution in [2.75, 3.05) is 0 Å². The third-order valence-corrected chi connectivity index (χ3v) is 3.07. The van der Waals surface area contributed by atoms with Crippen molar-refractivity contribution in [2.24, 2.45) is 5.92 Å². The molecule has 17 heavy (non-hydrogen) atoms. The maximum Gasteiger partial charge on any atom is 0.303 e. The van der Waals surface area contributed by atoms with Gasteiger partial charge in [0.05, 0.1) is 6.42 Å². The number of benzene rings is 1. The van der Waals surface area contributed by atoms with Gasteiger partial charge in [-0.25, -0.2) is 8.78 Å². The zero-order valence-electron chi connectivity index (χ0n) is 8.99. The topological polar surface area (TPSA) is 57.5 Å². The number of hydrogen-bond acceptors (Lipinski definition) is 2. The summed E-state index contributed by atoms with van der Waals surface area (Å²) in [7, 11) is 0. The summed E-state index contributed by atoms with van der Waals surface area (Å²) in [6, 6.07) is 1.89. The maximum atomic E-state index is 13.6. The Labute approximate surface area is 96.7 Å². The second-order valence-corrected chi connectivity index (χ2v) is 4.34. The molecular formula is C12H12F2O3. The molecule has 0 aromatic heterocycles. The Bertz CT molecular complexity index is 455. The van der Waals surface area contributed by atoms with Gasteiger partial charge in [-0.2, -0.15) is 0 Å². The van der Waals surface area contributed by atoms with Gasteiger partial charge in [0.1, 0.15) is 5.75 Å². The van der Waals surface area contributed by atoms with Crippen LogP contribution in [0.2, 0.25) is 0 Å². The molecule has 3 nitrogen and oxygen atoms in total. The van der Waals surface area contributed by atoms with E-state index in [1.54, 1.807) is 0 Å². The number of aromatic hydroxyl groups is 1. The Balaban J connectivity index is 2.41. The van der Waals surface area contributed by atoms with Crippen LogP contribution < -0.4 is 0 Å². The molecule has 0 aliphatic heterocycles. The van der Waals surface area contributed by atoms with Gasteiger partial charge in [-0.1, -0.05) is 0 Å². The molecule has 0 bridgehead atoms. The van der Waals surface area contributed by atoms with E-state index in [0.717, 1.165) is 25.0 Å². The fraction of sp³-hybridized carbons (Fsp3) is 0.417. The molecule has 1 aromatic rings. The van der Waals surface area contributed by atoms with Crippen LogP contribution in [0.1, 0.15) is 30.7 Å². The van der Waals surface area contributed by atoms with Gasteiger partial charge in [-0.15, -0.1) is 0 Å². The standard InChI is InChI=1S/C12H12F2O3/c13-8-3-4-9(15)11(12(8)14)7(5-10(16)17)6-1-2-6/h3-4,6-7,15H,1-2,5H2,(H,16,17). The molecule has 0 heterocycles. The highest BCUT2D eigenvalue weighted by Gasteiger charge is 2.37. The number of phenolic OH excluding ortho intramolecular Hbond substituents is 1. The number of carbonyl (C=O) groups is 1. The van der Waals surface area contributed by atoms with Crippen LogP contribution in [0, 0.1) is 17.6 Å². The molecule has 1 unspecified atom stereocenters. The Hall–Kier alpha value is -1.65. The molecule has 0 amide bonds. The average Bonchev–Trinajstić information content (AvgIpc) is 3.06. The van der Waals surface area contributed by atoms with Crippen molar-refractivity contribution >= 4 is 5.97 Å². The summed E-state index contributed by atoms with van der Waals surface area (Å²) >= 11 is 0. The first-order valence-electron chi connectivity index (χ1n) is 5.39. The highest BCUT2D eigenvalue weighted by atomic mass is 19.2. The lowest BCUT2D eigenvalue weighted by atomic mass is 9.89. The quantitative estimate of drug-likeness (QED) is 0.853. The fourth-order valence-electron chi connectivity index (χ4n) is 2.10. The minimum absolute atomic E-state index is 0.0216. The van der Waals surface area contributed by atoms with E-state index in [1.807, 2.05) is 0 Å². The van der Waals surface area contributed by atoms with Crippen LogP contribution in [-0.4, -0.2) is 16.2 Å². The van der Waals surface area contributed by atoms with Gasteiger partial charge in [0.25, 0.3) is 0 Å². The molecule has 0 radical (unpaired) electrons. The minimum atomic E-state index is -1.14. The number of phenols is 1. The highest BCUT2D eigenvalue weighted by Crippen LogP contribution is 2.47. The molecule has 2 rings (SSSR count). The van der Waals surface area contributed by atoms with Crippen molar-refractivity contribution in [1.82, 2.24) is 0 Å². The van der Waals surface area contributed by atoms with Crippen molar-refractivity contribution in [3.8, 4) is 5.75 Å². The third kappa shape index (κ3) is 2.38. The Morgan fingerprint density at radius 3 is 2.59 bits per heavy atom. The summed E-state index contributed by atoms with van der Waals surface area (Å²) < 4.78 is 26.7. The van der Waals surface area contributed by atoms with E-state index in [9.17, 15) is 18.7 Å². The average molecular weight is 242 g/mol. The van der Waals surface area contributed by atoms with Crippen molar-refractivity contribution in [1.29, 1.82) is 0 Å². The monoisotopic (exact) mass is 242 g/mol. The summed E-state index contributed by atoms with van der Waals surface area (Å²) in [5.74, 6) is -4.28. The van der Waals surface area contributed by atoms with E-state index in [0.29, 0.717) is 0 Å². The van der Waals surface area contributed by atoms with Gasteiger partial charge in [-0.05, 0) is 30.9 Å². The normalized spacial score (nSPS) is 16.8. The smallest absolute Gasteiger partial charge is 0.303 e. The van der Waals surface area contributed by atoms with Gasteiger partial charge in [0, 0.05) is 11.5 Å². The molecule has 1 saturated carbocycles. The predicted molar refractivity (Wildman–Crippen MR) is 55.7 cm³/mol. The Morgan fingerprint density at radius 2 is 2.06 bits per heavy atom. The molecule has 92 valence electrons. The predicted octanol–water partition coefficient (Wildman–Crippen LogP) is 2.64. The van der Waals surface area contributed by atoms with Crippen LogP contribution in [-0.2, 0) is 4.79 Å². The maximum absolute atomic E-state index is 13.6. The van der Waals surface area contributed by atoms with Gasteiger partial charge < -0.3 is 10.2 Å². The lowest BCUT2D eigenvalue weighted by Gasteiger charge is -2.16. The first-order chi connectivity index (χ1) is 8.00. The van der Waals surface area contributed by atoms with Gasteiger partial charge in [0.15, 0.2) is 11.6 Å². The molecule has 0 spiro atoms. The van der Waals surface area contributed by atoms with Gasteiger partial charge in [0.2, 0.25) is 0 Å². The molecule has 1 fully saturated rings. The van der Waals surface area contributed by atoms with E-state index in [2.05, 4.69) is 0 Å². The number of carboxylic acid groups (broad SMARTS) is 1. The third-order valence-electron chi connectivity index (χ3n) is 3.07. The summed E-state index contributed by atoms with van der Waals surface area (Å²) in [6.07, 6.45) is 1.28. The summed E-state index contributed by atoms with van der Waals surface area (Å²) in [4.78, 5) is 10.7. The van der Waals surface area contributed by atoms with Crippen molar-refractivity contribution in [3.63, 3.8) is 0 Å². The lowest BCUT2D eigenvalue weighted by Crippen LogP contribution is -2.11. The number of rotatable bonds is 4. The van der Waals surface area contributed by atoms with Crippen LogP contribution in [0.4, 0.5) is 8.78 Å². The van der Waals surface area contributed by atoms with Crippen LogP contribution in [0.5, 0.6) is 5.75 Å².